The van der Waals surface area contributed by atoms with E-state index in [-0.39, 0.29) is 5.91 Å². The van der Waals surface area contributed by atoms with Gasteiger partial charge in [0.2, 0.25) is 0 Å². The summed E-state index contributed by atoms with van der Waals surface area (Å²) in [6.07, 6.45) is 1.04. The van der Waals surface area contributed by atoms with Gasteiger partial charge in [-0.05, 0) is 38.0 Å². The lowest BCUT2D eigenvalue weighted by Crippen LogP contribution is -2.30. The molecule has 2 aromatic rings. The van der Waals surface area contributed by atoms with Crippen molar-refractivity contribution in [3.8, 4) is 0 Å². The fraction of sp³-hybridized carbons (Fsp3) is 0.450. The highest BCUT2D eigenvalue weighted by molar-refractivity contribution is 7.98. The molecule has 0 aliphatic carbocycles. The Balaban J connectivity index is 2.11. The summed E-state index contributed by atoms with van der Waals surface area (Å²) < 4.78 is 0. The van der Waals surface area contributed by atoms with Crippen LogP contribution in [0.1, 0.15) is 43.1 Å². The summed E-state index contributed by atoms with van der Waals surface area (Å²) in [5.74, 6) is 1.57. The molecular formula is C20H27ClN4OS. The van der Waals surface area contributed by atoms with Crippen molar-refractivity contribution in [2.75, 3.05) is 31.6 Å². The van der Waals surface area contributed by atoms with Gasteiger partial charge < -0.3 is 9.80 Å². The number of thioether (sulfide) groups is 1. The molecule has 0 aliphatic rings. The lowest BCUT2D eigenvalue weighted by atomic mass is 10.1. The molecule has 146 valence electrons. The number of amides is 1. The van der Waals surface area contributed by atoms with Crippen LogP contribution < -0.4 is 4.90 Å². The van der Waals surface area contributed by atoms with Crippen molar-refractivity contribution in [2.45, 2.75) is 38.1 Å². The Labute approximate surface area is 171 Å². The molecule has 1 aromatic carbocycles. The van der Waals surface area contributed by atoms with Crippen molar-refractivity contribution in [1.82, 2.24) is 14.9 Å². The van der Waals surface area contributed by atoms with Crippen LogP contribution >= 0.6 is 23.4 Å². The molecule has 0 atom stereocenters. The van der Waals surface area contributed by atoms with Gasteiger partial charge in [0.1, 0.15) is 11.0 Å². The molecule has 0 N–H and O–H groups in total. The number of halogens is 1. The number of carbonyl (C=O) groups is 1. The summed E-state index contributed by atoms with van der Waals surface area (Å²) in [4.78, 5) is 25.3. The van der Waals surface area contributed by atoms with E-state index in [4.69, 9.17) is 11.6 Å². The highest BCUT2D eigenvalue weighted by Crippen LogP contribution is 2.24. The molecule has 5 nitrogen and oxygen atoms in total. The Morgan fingerprint density at radius 2 is 1.89 bits per heavy atom. The number of hydrogen-bond donors (Lipinski definition) is 0. The molecule has 27 heavy (non-hydrogen) atoms. The highest BCUT2D eigenvalue weighted by Gasteiger charge is 2.13. The van der Waals surface area contributed by atoms with Crippen molar-refractivity contribution < 1.29 is 4.79 Å². The quantitative estimate of drug-likeness (QED) is 0.341. The Kier molecular flexibility index (Phi) is 8.38. The summed E-state index contributed by atoms with van der Waals surface area (Å²) in [6, 6.07) is 9.53. The Morgan fingerprint density at radius 3 is 2.56 bits per heavy atom. The van der Waals surface area contributed by atoms with E-state index in [9.17, 15) is 4.79 Å². The zero-order valence-corrected chi connectivity index (χ0v) is 18.0. The largest absolute Gasteiger partial charge is 0.360 e. The van der Waals surface area contributed by atoms with Crippen LogP contribution in [0.5, 0.6) is 0 Å². The molecule has 0 fully saturated rings. The number of hydrogen-bond acceptors (Lipinski definition) is 5. The topological polar surface area (TPSA) is 49.3 Å². The summed E-state index contributed by atoms with van der Waals surface area (Å²) in [6.45, 7) is 8.43. The number of aromatic nitrogens is 2. The van der Waals surface area contributed by atoms with Gasteiger partial charge in [-0.15, -0.1) is 0 Å². The lowest BCUT2D eigenvalue weighted by Gasteiger charge is -2.19. The Bertz CT molecular complexity index is 767. The minimum atomic E-state index is 0.0642. The summed E-state index contributed by atoms with van der Waals surface area (Å²) in [5.41, 5.74) is 1.78. The second kappa shape index (κ2) is 10.5. The number of nitrogens with zero attached hydrogens (tertiary/aromatic N) is 4. The maximum atomic E-state index is 12.5. The molecule has 1 aromatic heterocycles. The fourth-order valence-electron chi connectivity index (χ4n) is 2.73. The molecule has 0 saturated heterocycles. The predicted octanol–water partition coefficient (Wildman–Crippen LogP) is 4.75. The van der Waals surface area contributed by atoms with Crippen molar-refractivity contribution in [3.63, 3.8) is 0 Å². The summed E-state index contributed by atoms with van der Waals surface area (Å²) in [5, 5.41) is 1.08. The molecule has 1 heterocycles. The molecule has 2 rings (SSSR count). The van der Waals surface area contributed by atoms with E-state index < -0.39 is 0 Å². The molecular weight excluding hydrogens is 380 g/mol. The van der Waals surface area contributed by atoms with E-state index in [1.54, 1.807) is 6.07 Å². The lowest BCUT2D eigenvalue weighted by molar-refractivity contribution is 0.0773. The van der Waals surface area contributed by atoms with Gasteiger partial charge in [-0.2, -0.15) is 0 Å². The Hall–Kier alpha value is -1.79. The molecule has 0 bridgehead atoms. The maximum Gasteiger partial charge on any atom is 0.253 e. The van der Waals surface area contributed by atoms with Gasteiger partial charge in [0.05, 0.1) is 0 Å². The number of carbonyl (C=O) groups excluding carboxylic acids is 1. The predicted molar refractivity (Wildman–Crippen MR) is 114 cm³/mol. The average molecular weight is 407 g/mol. The second-order valence-corrected chi connectivity index (χ2v) is 7.55. The molecule has 0 spiro atoms. The van der Waals surface area contributed by atoms with E-state index in [0.29, 0.717) is 34.7 Å². The van der Waals surface area contributed by atoms with Crippen molar-refractivity contribution in [2.24, 2.45) is 0 Å². The van der Waals surface area contributed by atoms with Crippen molar-refractivity contribution in [1.29, 1.82) is 0 Å². The van der Waals surface area contributed by atoms with Gasteiger partial charge in [0.15, 0.2) is 5.16 Å². The standard InChI is InChI=1S/C20H27ClN4OS/c1-5-11-24(4)18-13-17(21)22-20(23-18)27-14-15-9-8-10-16(12-15)19(26)25(6-2)7-3/h8-10,12-13H,5-7,11,14H2,1-4H3. The van der Waals surface area contributed by atoms with Crippen LogP contribution in [0.15, 0.2) is 35.5 Å². The maximum absolute atomic E-state index is 12.5. The van der Waals surface area contributed by atoms with Gasteiger partial charge in [-0.25, -0.2) is 9.97 Å². The number of anilines is 1. The van der Waals surface area contributed by atoms with Gasteiger partial charge in [-0.1, -0.05) is 42.4 Å². The highest BCUT2D eigenvalue weighted by atomic mass is 35.5. The van der Waals surface area contributed by atoms with E-state index in [2.05, 4.69) is 21.8 Å². The zero-order chi connectivity index (χ0) is 19.8. The van der Waals surface area contributed by atoms with E-state index in [1.807, 2.05) is 50.1 Å². The third-order valence-electron chi connectivity index (χ3n) is 4.20. The minimum Gasteiger partial charge on any atom is -0.360 e. The van der Waals surface area contributed by atoms with Gasteiger partial charge in [0, 0.05) is 44.1 Å². The van der Waals surface area contributed by atoms with Crippen LogP contribution in [-0.4, -0.2) is 47.5 Å². The smallest absolute Gasteiger partial charge is 0.253 e. The molecule has 0 aliphatic heterocycles. The Morgan fingerprint density at radius 1 is 1.15 bits per heavy atom. The fourth-order valence-corrected chi connectivity index (χ4v) is 3.75. The van der Waals surface area contributed by atoms with Crippen LogP contribution in [0.25, 0.3) is 0 Å². The first-order valence-corrected chi connectivity index (χ1v) is 10.6. The zero-order valence-electron chi connectivity index (χ0n) is 16.4. The van der Waals surface area contributed by atoms with Gasteiger partial charge in [0.25, 0.3) is 5.91 Å². The van der Waals surface area contributed by atoms with Crippen LogP contribution in [-0.2, 0) is 5.75 Å². The van der Waals surface area contributed by atoms with E-state index >= 15 is 0 Å². The van der Waals surface area contributed by atoms with Crippen LogP contribution in [0.3, 0.4) is 0 Å². The van der Waals surface area contributed by atoms with Crippen molar-refractivity contribution >= 4 is 35.1 Å². The third-order valence-corrected chi connectivity index (χ3v) is 5.32. The van der Waals surface area contributed by atoms with E-state index in [1.165, 1.54) is 11.8 Å². The van der Waals surface area contributed by atoms with Gasteiger partial charge in [-0.3, -0.25) is 4.79 Å². The average Bonchev–Trinajstić information content (AvgIpc) is 2.67. The first kappa shape index (κ1) is 21.5. The van der Waals surface area contributed by atoms with Crippen LogP contribution in [0.2, 0.25) is 5.15 Å². The normalized spacial score (nSPS) is 10.7. The molecule has 0 unspecified atom stereocenters. The molecule has 0 radical (unpaired) electrons. The monoisotopic (exact) mass is 406 g/mol. The van der Waals surface area contributed by atoms with Gasteiger partial charge >= 0.3 is 0 Å². The summed E-state index contributed by atoms with van der Waals surface area (Å²) >= 11 is 7.69. The third kappa shape index (κ3) is 6.11. The molecule has 1 amide bonds. The van der Waals surface area contributed by atoms with E-state index in [0.717, 1.165) is 24.3 Å². The second-order valence-electron chi connectivity index (χ2n) is 6.22. The first-order chi connectivity index (χ1) is 13.0. The molecule has 7 heteroatoms. The summed E-state index contributed by atoms with van der Waals surface area (Å²) in [7, 11) is 2.00. The van der Waals surface area contributed by atoms with Crippen molar-refractivity contribution in [3.05, 3.63) is 46.6 Å². The number of rotatable bonds is 9. The van der Waals surface area contributed by atoms with Crippen LogP contribution in [0, 0.1) is 0 Å². The van der Waals surface area contributed by atoms with Crippen LogP contribution in [0.4, 0.5) is 5.82 Å². The first-order valence-electron chi connectivity index (χ1n) is 9.25. The number of benzene rings is 1. The SMILES string of the molecule is CCCN(C)c1cc(Cl)nc(SCc2cccc(C(=O)N(CC)CC)c2)n1. The molecule has 0 saturated carbocycles. The minimum absolute atomic E-state index is 0.0642.